The molecule has 2 aliphatic heterocycles. The summed E-state index contributed by atoms with van der Waals surface area (Å²) in [6, 6.07) is 9.58. The molecule has 11 heteroatoms. The van der Waals surface area contributed by atoms with Gasteiger partial charge in [0.1, 0.15) is 11.6 Å². The van der Waals surface area contributed by atoms with Gasteiger partial charge >= 0.3 is 6.18 Å². The molecule has 1 aromatic carbocycles. The molecule has 0 spiro atoms. The number of anilines is 2. The summed E-state index contributed by atoms with van der Waals surface area (Å²) in [5.74, 6) is 0.168. The zero-order valence-electron chi connectivity index (χ0n) is 17.4. The second-order valence-electron chi connectivity index (χ2n) is 8.12. The lowest BCUT2D eigenvalue weighted by atomic mass is 10.0. The van der Waals surface area contributed by atoms with Crippen molar-refractivity contribution in [2.24, 2.45) is 0 Å². The fraction of sp³-hybridized carbons (Fsp3) is 0.364. The van der Waals surface area contributed by atoms with Crippen molar-refractivity contribution >= 4 is 29.0 Å². The van der Waals surface area contributed by atoms with Crippen LogP contribution in [0, 0.1) is 0 Å². The van der Waals surface area contributed by atoms with E-state index in [-0.39, 0.29) is 23.8 Å². The van der Waals surface area contributed by atoms with Gasteiger partial charge in [-0.25, -0.2) is 4.68 Å². The molecule has 2 aromatic heterocycles. The maximum absolute atomic E-state index is 13.8. The Morgan fingerprint density at radius 1 is 1.12 bits per heavy atom. The maximum Gasteiger partial charge on any atom is 0.410 e. The van der Waals surface area contributed by atoms with Crippen LogP contribution in [0.3, 0.4) is 0 Å². The first-order chi connectivity index (χ1) is 15.8. The van der Waals surface area contributed by atoms with Crippen LogP contribution >= 0.6 is 11.6 Å². The number of fused-ring (bicyclic) bond motifs is 1. The first-order valence-corrected chi connectivity index (χ1v) is 10.9. The van der Waals surface area contributed by atoms with Gasteiger partial charge in [0.25, 0.3) is 5.91 Å². The first kappa shape index (κ1) is 21.7. The Balaban J connectivity index is 1.33. The Labute approximate surface area is 192 Å². The predicted octanol–water partition coefficient (Wildman–Crippen LogP) is 4.75. The van der Waals surface area contributed by atoms with Crippen LogP contribution in [0.15, 0.2) is 53.1 Å². The zero-order chi connectivity index (χ0) is 23.2. The van der Waals surface area contributed by atoms with Crippen molar-refractivity contribution in [1.29, 1.82) is 0 Å². The van der Waals surface area contributed by atoms with Crippen molar-refractivity contribution in [3.8, 4) is 0 Å². The molecule has 0 unspecified atom stereocenters. The van der Waals surface area contributed by atoms with Crippen LogP contribution in [0.4, 0.5) is 24.7 Å². The van der Waals surface area contributed by atoms with E-state index >= 15 is 0 Å². The summed E-state index contributed by atoms with van der Waals surface area (Å²) in [4.78, 5) is 16.8. The Kier molecular flexibility index (Phi) is 5.48. The van der Waals surface area contributed by atoms with Gasteiger partial charge in [-0.05, 0) is 36.4 Å². The van der Waals surface area contributed by atoms with Crippen molar-refractivity contribution in [2.45, 2.75) is 24.7 Å². The minimum Gasteiger partial charge on any atom is -0.467 e. The van der Waals surface area contributed by atoms with Crippen LogP contribution < -0.4 is 10.2 Å². The molecule has 5 rings (SSSR count). The molecule has 33 heavy (non-hydrogen) atoms. The van der Waals surface area contributed by atoms with E-state index in [9.17, 15) is 18.0 Å². The van der Waals surface area contributed by atoms with Crippen LogP contribution in [0.1, 0.15) is 34.8 Å². The molecule has 0 saturated carbocycles. The van der Waals surface area contributed by atoms with Crippen molar-refractivity contribution in [2.75, 3.05) is 36.4 Å². The lowest BCUT2D eigenvalue weighted by molar-refractivity contribution is -0.174. The average Bonchev–Trinajstić information content (AvgIpc) is 3.48. The largest absolute Gasteiger partial charge is 0.467 e. The van der Waals surface area contributed by atoms with Crippen molar-refractivity contribution in [3.63, 3.8) is 0 Å². The number of rotatable bonds is 3. The molecule has 1 N–H and O–H groups in total. The molecule has 2 atom stereocenters. The highest BCUT2D eigenvalue weighted by Gasteiger charge is 2.47. The van der Waals surface area contributed by atoms with Crippen LogP contribution in [-0.4, -0.2) is 52.9 Å². The van der Waals surface area contributed by atoms with Gasteiger partial charge in [0, 0.05) is 49.4 Å². The third-order valence-electron chi connectivity index (χ3n) is 6.05. The number of carbonyl (C=O) groups excluding carboxylic acids is 1. The van der Waals surface area contributed by atoms with E-state index in [4.69, 9.17) is 16.0 Å². The van der Waals surface area contributed by atoms with E-state index in [1.807, 2.05) is 24.3 Å². The van der Waals surface area contributed by atoms with E-state index in [0.29, 0.717) is 37.0 Å². The molecular weight excluding hydrogens is 459 g/mol. The summed E-state index contributed by atoms with van der Waals surface area (Å²) >= 11 is 5.94. The number of benzene rings is 1. The van der Waals surface area contributed by atoms with Gasteiger partial charge in [-0.15, -0.1) is 0 Å². The second kappa shape index (κ2) is 8.33. The number of piperazine rings is 1. The standard InChI is InChI=1S/C22H21ClF3N5O2/c23-14-3-5-15(6-4-14)29-7-9-30(10-8-29)21(32)17-13-20-27-16(18-2-1-11-33-18)12-19(22(24,25)26)31(20)28-17/h1-6,11,13,16,19,27H,7-10,12H2/t16-,19+/m0/s1. The van der Waals surface area contributed by atoms with Crippen molar-refractivity contribution in [3.05, 3.63) is 65.2 Å². The topological polar surface area (TPSA) is 66.5 Å². The number of hydrogen-bond acceptors (Lipinski definition) is 5. The van der Waals surface area contributed by atoms with Crippen LogP contribution in [-0.2, 0) is 0 Å². The summed E-state index contributed by atoms with van der Waals surface area (Å²) in [7, 11) is 0. The molecule has 0 radical (unpaired) electrons. The van der Waals surface area contributed by atoms with Gasteiger partial charge in [-0.3, -0.25) is 4.79 Å². The quantitative estimate of drug-likeness (QED) is 0.587. The number of amides is 1. The van der Waals surface area contributed by atoms with Gasteiger partial charge in [0.15, 0.2) is 11.7 Å². The molecule has 1 fully saturated rings. The maximum atomic E-state index is 13.8. The lowest BCUT2D eigenvalue weighted by Crippen LogP contribution is -2.49. The molecule has 4 heterocycles. The lowest BCUT2D eigenvalue weighted by Gasteiger charge is -2.35. The highest BCUT2D eigenvalue weighted by atomic mass is 35.5. The smallest absolute Gasteiger partial charge is 0.410 e. The molecule has 3 aromatic rings. The van der Waals surface area contributed by atoms with Crippen LogP contribution in [0.5, 0.6) is 0 Å². The molecule has 0 aliphatic carbocycles. The van der Waals surface area contributed by atoms with Gasteiger partial charge in [-0.1, -0.05) is 11.6 Å². The van der Waals surface area contributed by atoms with Gasteiger partial charge in [0.05, 0.1) is 12.3 Å². The first-order valence-electron chi connectivity index (χ1n) is 10.6. The number of nitrogens with zero attached hydrogens (tertiary/aromatic N) is 4. The number of carbonyl (C=O) groups is 1. The number of nitrogens with one attached hydrogen (secondary N) is 1. The molecule has 2 aliphatic rings. The summed E-state index contributed by atoms with van der Waals surface area (Å²) in [5, 5.41) is 7.74. The third-order valence-corrected chi connectivity index (χ3v) is 6.31. The van der Waals surface area contributed by atoms with Crippen LogP contribution in [0.2, 0.25) is 5.02 Å². The minimum atomic E-state index is -4.52. The van der Waals surface area contributed by atoms with E-state index in [2.05, 4.69) is 15.3 Å². The Morgan fingerprint density at radius 2 is 1.85 bits per heavy atom. The molecule has 7 nitrogen and oxygen atoms in total. The van der Waals surface area contributed by atoms with E-state index in [1.165, 1.54) is 12.3 Å². The molecule has 0 bridgehead atoms. The van der Waals surface area contributed by atoms with Crippen molar-refractivity contribution in [1.82, 2.24) is 14.7 Å². The molecule has 1 saturated heterocycles. The normalized spacial score (nSPS) is 21.0. The number of halogens is 4. The fourth-order valence-electron chi connectivity index (χ4n) is 4.34. The van der Waals surface area contributed by atoms with E-state index in [1.54, 1.807) is 17.0 Å². The fourth-order valence-corrected chi connectivity index (χ4v) is 4.46. The van der Waals surface area contributed by atoms with Gasteiger partial charge < -0.3 is 19.5 Å². The number of furan rings is 1. The van der Waals surface area contributed by atoms with Crippen LogP contribution in [0.25, 0.3) is 0 Å². The Bertz CT molecular complexity index is 1120. The molecular formula is C22H21ClF3N5O2. The highest BCUT2D eigenvalue weighted by Crippen LogP contribution is 2.43. The summed E-state index contributed by atoms with van der Waals surface area (Å²) < 4.78 is 47.6. The predicted molar refractivity (Wildman–Crippen MR) is 117 cm³/mol. The average molecular weight is 480 g/mol. The molecule has 1 amide bonds. The summed E-state index contributed by atoms with van der Waals surface area (Å²) in [6.07, 6.45) is -3.37. The van der Waals surface area contributed by atoms with Gasteiger partial charge in [-0.2, -0.15) is 18.3 Å². The second-order valence-corrected chi connectivity index (χ2v) is 8.56. The Morgan fingerprint density at radius 3 is 2.48 bits per heavy atom. The highest BCUT2D eigenvalue weighted by molar-refractivity contribution is 6.30. The van der Waals surface area contributed by atoms with E-state index < -0.39 is 18.3 Å². The monoisotopic (exact) mass is 479 g/mol. The summed E-state index contributed by atoms with van der Waals surface area (Å²) in [5.41, 5.74) is 0.997. The SMILES string of the molecule is O=C(c1cc2n(n1)[C@@H](C(F)(F)F)C[C@@H](c1ccco1)N2)N1CCN(c2ccc(Cl)cc2)CC1. The third kappa shape index (κ3) is 4.27. The zero-order valence-corrected chi connectivity index (χ0v) is 18.2. The van der Waals surface area contributed by atoms with E-state index in [0.717, 1.165) is 10.4 Å². The number of aromatic nitrogens is 2. The Hall–Kier alpha value is -3.14. The van der Waals surface area contributed by atoms with Crippen molar-refractivity contribution < 1.29 is 22.4 Å². The number of hydrogen-bond donors (Lipinski definition) is 1. The molecule has 174 valence electrons. The van der Waals surface area contributed by atoms with Gasteiger partial charge in [0.2, 0.25) is 0 Å². The number of alkyl halides is 3. The summed E-state index contributed by atoms with van der Waals surface area (Å²) in [6.45, 7) is 2.08. The minimum absolute atomic E-state index is 0.00760.